The third-order valence-electron chi connectivity index (χ3n) is 4.02. The molecule has 2 N–H and O–H groups in total. The molecule has 1 heterocycles. The number of carbonyl (C=O) groups is 1. The number of hydrogen-bond donors (Lipinski definition) is 2. The summed E-state index contributed by atoms with van der Waals surface area (Å²) < 4.78 is 0. The highest BCUT2D eigenvalue weighted by molar-refractivity contribution is 5.86. The van der Waals surface area contributed by atoms with Crippen LogP contribution in [0.5, 0.6) is 0 Å². The van der Waals surface area contributed by atoms with Gasteiger partial charge < -0.3 is 10.6 Å². The molecular weight excluding hydrogens is 236 g/mol. The van der Waals surface area contributed by atoms with Crippen molar-refractivity contribution in [1.82, 2.24) is 5.32 Å². The van der Waals surface area contributed by atoms with Gasteiger partial charge in [0, 0.05) is 18.3 Å². The Kier molecular flexibility index (Phi) is 3.53. The van der Waals surface area contributed by atoms with Crippen LogP contribution in [0.15, 0.2) is 36.4 Å². The summed E-state index contributed by atoms with van der Waals surface area (Å²) in [4.78, 5) is 12.5. The number of allylic oxidation sites excluding steroid dienone is 1. The number of hydrogen-bond acceptors (Lipinski definition) is 2. The number of amides is 1. The Morgan fingerprint density at radius 2 is 2.11 bits per heavy atom. The van der Waals surface area contributed by atoms with E-state index >= 15 is 0 Å². The topological polar surface area (TPSA) is 41.1 Å². The summed E-state index contributed by atoms with van der Waals surface area (Å²) in [6.45, 7) is 0.875. The fourth-order valence-electron chi connectivity index (χ4n) is 2.97. The second-order valence-corrected chi connectivity index (χ2v) is 5.35. The molecule has 1 aliphatic heterocycles. The van der Waals surface area contributed by atoms with Gasteiger partial charge in [0.15, 0.2) is 0 Å². The number of para-hydroxylation sites is 1. The van der Waals surface area contributed by atoms with E-state index in [0.29, 0.717) is 6.04 Å². The molecule has 1 aromatic carbocycles. The molecule has 0 fully saturated rings. The molecule has 0 bridgehead atoms. The van der Waals surface area contributed by atoms with Crippen LogP contribution in [0.25, 0.3) is 0 Å². The summed E-state index contributed by atoms with van der Waals surface area (Å²) in [5.74, 6) is 0.192. The lowest BCUT2D eigenvalue weighted by Crippen LogP contribution is -2.40. The number of carbonyl (C=O) groups excluding carboxylic acids is 1. The smallest absolute Gasteiger partial charge is 0.227 e. The molecule has 1 aliphatic carbocycles. The van der Waals surface area contributed by atoms with E-state index < -0.39 is 0 Å². The third kappa shape index (κ3) is 2.65. The highest BCUT2D eigenvalue weighted by atomic mass is 16.1. The standard InChI is InChI=1S/C16H20N2O/c19-16(18-12-6-2-1-3-7-12)14-10-11-17-15-9-5-4-8-13(14)15/h1-2,4-5,8-9,12,14,17H,3,6-7,10-11H2,(H,18,19). The number of fused-ring (bicyclic) bond motifs is 1. The molecule has 0 aromatic heterocycles. The second-order valence-electron chi connectivity index (χ2n) is 5.35. The van der Waals surface area contributed by atoms with Crippen molar-refractivity contribution in [1.29, 1.82) is 0 Å². The highest BCUT2D eigenvalue weighted by Crippen LogP contribution is 2.31. The molecule has 3 rings (SSSR count). The number of anilines is 1. The predicted molar refractivity (Wildman–Crippen MR) is 77.2 cm³/mol. The van der Waals surface area contributed by atoms with Gasteiger partial charge in [-0.1, -0.05) is 30.4 Å². The zero-order valence-corrected chi connectivity index (χ0v) is 11.1. The van der Waals surface area contributed by atoms with E-state index in [-0.39, 0.29) is 11.8 Å². The van der Waals surface area contributed by atoms with Crippen molar-refractivity contribution in [2.45, 2.75) is 37.6 Å². The first-order valence-electron chi connectivity index (χ1n) is 7.13. The minimum absolute atomic E-state index is 0.00311. The summed E-state index contributed by atoms with van der Waals surface area (Å²) in [5, 5.41) is 6.57. The van der Waals surface area contributed by atoms with Crippen molar-refractivity contribution < 1.29 is 4.79 Å². The van der Waals surface area contributed by atoms with Crippen LogP contribution < -0.4 is 10.6 Å². The molecular formula is C16H20N2O. The molecule has 2 unspecified atom stereocenters. The average molecular weight is 256 g/mol. The van der Waals surface area contributed by atoms with Gasteiger partial charge in [0.2, 0.25) is 5.91 Å². The third-order valence-corrected chi connectivity index (χ3v) is 4.02. The summed E-state index contributed by atoms with van der Waals surface area (Å²) in [6, 6.07) is 8.46. The van der Waals surface area contributed by atoms with Crippen LogP contribution in [-0.4, -0.2) is 18.5 Å². The quantitative estimate of drug-likeness (QED) is 0.799. The summed E-state index contributed by atoms with van der Waals surface area (Å²) in [5.41, 5.74) is 2.25. The molecule has 0 saturated heterocycles. The fourth-order valence-corrected chi connectivity index (χ4v) is 2.97. The number of benzene rings is 1. The molecule has 2 aliphatic rings. The highest BCUT2D eigenvalue weighted by Gasteiger charge is 2.27. The van der Waals surface area contributed by atoms with Crippen LogP contribution in [0.1, 0.15) is 37.2 Å². The van der Waals surface area contributed by atoms with Crippen LogP contribution in [-0.2, 0) is 4.79 Å². The van der Waals surface area contributed by atoms with Gasteiger partial charge in [0.1, 0.15) is 0 Å². The van der Waals surface area contributed by atoms with Crippen molar-refractivity contribution in [2.24, 2.45) is 0 Å². The molecule has 1 aromatic rings. The number of nitrogens with one attached hydrogen (secondary N) is 2. The van der Waals surface area contributed by atoms with Gasteiger partial charge in [-0.25, -0.2) is 0 Å². The van der Waals surface area contributed by atoms with E-state index in [9.17, 15) is 4.79 Å². The van der Waals surface area contributed by atoms with Gasteiger partial charge in [0.25, 0.3) is 0 Å². The van der Waals surface area contributed by atoms with Gasteiger partial charge in [-0.05, 0) is 37.3 Å². The molecule has 3 heteroatoms. The lowest BCUT2D eigenvalue weighted by atomic mass is 9.89. The normalized spacial score (nSPS) is 25.3. The Morgan fingerprint density at radius 3 is 2.95 bits per heavy atom. The van der Waals surface area contributed by atoms with Crippen LogP contribution >= 0.6 is 0 Å². The van der Waals surface area contributed by atoms with Crippen molar-refractivity contribution in [3.05, 3.63) is 42.0 Å². The minimum Gasteiger partial charge on any atom is -0.385 e. The van der Waals surface area contributed by atoms with E-state index in [0.717, 1.165) is 43.5 Å². The Morgan fingerprint density at radius 1 is 1.21 bits per heavy atom. The van der Waals surface area contributed by atoms with Crippen molar-refractivity contribution in [3.63, 3.8) is 0 Å². The van der Waals surface area contributed by atoms with Gasteiger partial charge >= 0.3 is 0 Å². The van der Waals surface area contributed by atoms with Crippen LogP contribution in [0.4, 0.5) is 5.69 Å². The minimum atomic E-state index is 0.00311. The molecule has 1 amide bonds. The van der Waals surface area contributed by atoms with Crippen molar-refractivity contribution in [3.8, 4) is 0 Å². The van der Waals surface area contributed by atoms with Crippen LogP contribution in [0, 0.1) is 0 Å². The van der Waals surface area contributed by atoms with Crippen LogP contribution in [0.3, 0.4) is 0 Å². The largest absolute Gasteiger partial charge is 0.385 e. The molecule has 2 atom stereocenters. The monoisotopic (exact) mass is 256 g/mol. The number of rotatable bonds is 2. The molecule has 0 radical (unpaired) electrons. The van der Waals surface area contributed by atoms with E-state index in [1.165, 1.54) is 0 Å². The van der Waals surface area contributed by atoms with Crippen LogP contribution in [0.2, 0.25) is 0 Å². The van der Waals surface area contributed by atoms with E-state index in [4.69, 9.17) is 0 Å². The summed E-state index contributed by atoms with van der Waals surface area (Å²) in [6.07, 6.45) is 8.36. The van der Waals surface area contributed by atoms with Gasteiger partial charge in [-0.15, -0.1) is 0 Å². The maximum atomic E-state index is 12.5. The van der Waals surface area contributed by atoms with Gasteiger partial charge in [-0.2, -0.15) is 0 Å². The maximum Gasteiger partial charge on any atom is 0.227 e. The zero-order chi connectivity index (χ0) is 13.1. The van der Waals surface area contributed by atoms with E-state index in [2.05, 4.69) is 34.9 Å². The SMILES string of the molecule is O=C(NC1CC=CCC1)C1CCNc2ccccc21. The zero-order valence-electron chi connectivity index (χ0n) is 11.1. The first kappa shape index (κ1) is 12.3. The molecule has 3 nitrogen and oxygen atoms in total. The average Bonchev–Trinajstić information content (AvgIpc) is 2.47. The van der Waals surface area contributed by atoms with E-state index in [1.807, 2.05) is 12.1 Å². The summed E-state index contributed by atoms with van der Waals surface area (Å²) in [7, 11) is 0. The second kappa shape index (κ2) is 5.47. The summed E-state index contributed by atoms with van der Waals surface area (Å²) >= 11 is 0. The first-order valence-corrected chi connectivity index (χ1v) is 7.13. The Bertz CT molecular complexity index is 495. The fraction of sp³-hybridized carbons (Fsp3) is 0.438. The Balaban J connectivity index is 1.72. The Labute approximate surface area is 114 Å². The lowest BCUT2D eigenvalue weighted by Gasteiger charge is -2.28. The Hall–Kier alpha value is -1.77. The van der Waals surface area contributed by atoms with Crippen molar-refractivity contribution >= 4 is 11.6 Å². The molecule has 19 heavy (non-hydrogen) atoms. The lowest BCUT2D eigenvalue weighted by molar-refractivity contribution is -0.123. The van der Waals surface area contributed by atoms with Crippen molar-refractivity contribution in [2.75, 3.05) is 11.9 Å². The molecule has 0 spiro atoms. The van der Waals surface area contributed by atoms with Gasteiger partial charge in [-0.3, -0.25) is 4.79 Å². The predicted octanol–water partition coefficient (Wildman–Crippen LogP) is 2.81. The van der Waals surface area contributed by atoms with E-state index in [1.54, 1.807) is 0 Å². The first-order chi connectivity index (χ1) is 9.34. The maximum absolute atomic E-state index is 12.5. The van der Waals surface area contributed by atoms with Gasteiger partial charge in [0.05, 0.1) is 5.92 Å². The molecule has 0 saturated carbocycles. The molecule has 100 valence electrons.